The second kappa shape index (κ2) is 11.3. The fourth-order valence-electron chi connectivity index (χ4n) is 1.33. The molecule has 104 valence electrons. The molecule has 0 bridgehead atoms. The molecule has 0 atom stereocenters. The predicted molar refractivity (Wildman–Crippen MR) is 88.2 cm³/mol. The first-order valence-corrected chi connectivity index (χ1v) is 7.15. The van der Waals surface area contributed by atoms with Gasteiger partial charge in [-0.05, 0) is 31.2 Å². The predicted octanol–water partition coefficient (Wildman–Crippen LogP) is 6.18. The maximum absolute atomic E-state index is 3.33. The van der Waals surface area contributed by atoms with Gasteiger partial charge in [0.25, 0.3) is 0 Å². The first kappa shape index (κ1) is 17.2. The number of hydrogen-bond donors (Lipinski definition) is 1. The fourth-order valence-corrected chi connectivity index (χ4v) is 1.33. The lowest BCUT2D eigenvalue weighted by atomic mass is 10.2. The van der Waals surface area contributed by atoms with Crippen LogP contribution in [-0.4, -0.2) is 0 Å². The molecule has 0 aliphatic heterocycles. The van der Waals surface area contributed by atoms with Crippen LogP contribution in [0.15, 0.2) is 54.6 Å². The van der Waals surface area contributed by atoms with Crippen LogP contribution < -0.4 is 5.32 Å². The van der Waals surface area contributed by atoms with E-state index in [4.69, 9.17) is 0 Å². The van der Waals surface area contributed by atoms with Crippen LogP contribution in [0.4, 0.5) is 11.4 Å². The topological polar surface area (TPSA) is 12.0 Å². The number of aryl methyl sites for hydroxylation is 1. The van der Waals surface area contributed by atoms with Crippen LogP contribution in [0.2, 0.25) is 0 Å². The van der Waals surface area contributed by atoms with Crippen LogP contribution in [0.1, 0.15) is 39.7 Å². The summed E-state index contributed by atoms with van der Waals surface area (Å²) in [5.41, 5.74) is 3.53. The fraction of sp³-hybridized carbons (Fsp3) is 0.333. The second-order valence-electron chi connectivity index (χ2n) is 4.06. The monoisotopic (exact) mass is 257 g/mol. The highest BCUT2D eigenvalue weighted by Crippen LogP contribution is 2.15. The van der Waals surface area contributed by atoms with Gasteiger partial charge >= 0.3 is 0 Å². The Morgan fingerprint density at radius 2 is 1.16 bits per heavy atom. The zero-order valence-electron chi connectivity index (χ0n) is 12.9. The highest BCUT2D eigenvalue weighted by Gasteiger charge is 1.91. The molecule has 2 aromatic carbocycles. The molecular weight excluding hydrogens is 230 g/mol. The number of benzene rings is 2. The highest BCUT2D eigenvalue weighted by molar-refractivity contribution is 5.59. The molecule has 0 fully saturated rings. The Bertz CT molecular complexity index is 403. The van der Waals surface area contributed by atoms with Crippen LogP contribution in [-0.2, 0) is 0 Å². The average molecular weight is 257 g/mol. The summed E-state index contributed by atoms with van der Waals surface area (Å²) >= 11 is 0. The summed E-state index contributed by atoms with van der Waals surface area (Å²) in [5, 5.41) is 3.33. The molecule has 1 N–H and O–H groups in total. The van der Waals surface area contributed by atoms with Gasteiger partial charge in [0.1, 0.15) is 0 Å². The minimum absolute atomic E-state index is 1.12. The quantitative estimate of drug-likeness (QED) is 0.677. The Kier molecular flexibility index (Phi) is 10.3. The van der Waals surface area contributed by atoms with E-state index in [-0.39, 0.29) is 0 Å². The summed E-state index contributed by atoms with van der Waals surface area (Å²) in [6.07, 6.45) is 1.25. The van der Waals surface area contributed by atoms with Gasteiger partial charge in [0.15, 0.2) is 0 Å². The van der Waals surface area contributed by atoms with E-state index in [2.05, 4.69) is 62.5 Å². The largest absolute Gasteiger partial charge is 0.356 e. The van der Waals surface area contributed by atoms with Crippen LogP contribution in [0.25, 0.3) is 0 Å². The van der Waals surface area contributed by atoms with E-state index < -0.39 is 0 Å². The van der Waals surface area contributed by atoms with Gasteiger partial charge in [-0.1, -0.05) is 70.0 Å². The summed E-state index contributed by atoms with van der Waals surface area (Å²) < 4.78 is 0. The number of anilines is 2. The molecule has 0 aromatic heterocycles. The first-order valence-electron chi connectivity index (χ1n) is 7.15. The lowest BCUT2D eigenvalue weighted by Crippen LogP contribution is -1.88. The van der Waals surface area contributed by atoms with Crippen LogP contribution in [0.3, 0.4) is 0 Å². The lowest BCUT2D eigenvalue weighted by molar-refractivity contribution is 1.09. The molecule has 0 radical (unpaired) electrons. The van der Waals surface area contributed by atoms with E-state index in [1.165, 1.54) is 12.0 Å². The third-order valence-electron chi connectivity index (χ3n) is 2.11. The van der Waals surface area contributed by atoms with Crippen molar-refractivity contribution in [2.45, 2.75) is 41.0 Å². The van der Waals surface area contributed by atoms with Crippen molar-refractivity contribution in [1.82, 2.24) is 0 Å². The maximum atomic E-state index is 3.33. The second-order valence-corrected chi connectivity index (χ2v) is 4.06. The molecule has 0 spiro atoms. The van der Waals surface area contributed by atoms with Gasteiger partial charge in [-0.3, -0.25) is 0 Å². The van der Waals surface area contributed by atoms with Gasteiger partial charge < -0.3 is 5.32 Å². The normalized spacial score (nSPS) is 8.47. The molecule has 0 saturated heterocycles. The third-order valence-corrected chi connectivity index (χ3v) is 2.11. The van der Waals surface area contributed by atoms with Crippen molar-refractivity contribution in [2.24, 2.45) is 0 Å². The van der Waals surface area contributed by atoms with E-state index in [0.29, 0.717) is 0 Å². The molecule has 0 saturated carbocycles. The zero-order valence-corrected chi connectivity index (χ0v) is 12.9. The standard InChI is InChI=1S/C13H13N.C3H8.C2H6/c1-11-7-9-13(10-8-11)14-12-5-3-2-4-6-12;1-3-2;1-2/h2-10,14H,1H3;3H2,1-2H3;1-2H3. The molecule has 0 heterocycles. The van der Waals surface area contributed by atoms with Crippen LogP contribution >= 0.6 is 0 Å². The molecule has 0 aliphatic carbocycles. The molecular formula is C18H27N. The molecule has 1 nitrogen and oxygen atoms in total. The van der Waals surface area contributed by atoms with E-state index in [1.807, 2.05) is 32.0 Å². The molecule has 0 amide bonds. The minimum atomic E-state index is 1.12. The Morgan fingerprint density at radius 1 is 0.737 bits per heavy atom. The minimum Gasteiger partial charge on any atom is -0.356 e. The molecule has 19 heavy (non-hydrogen) atoms. The van der Waals surface area contributed by atoms with Crippen molar-refractivity contribution in [3.05, 3.63) is 60.2 Å². The van der Waals surface area contributed by atoms with Gasteiger partial charge in [0, 0.05) is 11.4 Å². The van der Waals surface area contributed by atoms with Crippen molar-refractivity contribution in [3.8, 4) is 0 Å². The van der Waals surface area contributed by atoms with Crippen LogP contribution in [0.5, 0.6) is 0 Å². The molecule has 1 heteroatoms. The van der Waals surface area contributed by atoms with E-state index >= 15 is 0 Å². The number of para-hydroxylation sites is 1. The molecule has 0 unspecified atom stereocenters. The highest BCUT2D eigenvalue weighted by atomic mass is 14.9. The number of nitrogens with one attached hydrogen (secondary N) is 1. The maximum Gasteiger partial charge on any atom is 0.0384 e. The summed E-state index contributed by atoms with van der Waals surface area (Å²) in [6.45, 7) is 10.3. The van der Waals surface area contributed by atoms with E-state index in [1.54, 1.807) is 0 Å². The SMILES string of the molecule is CC.CCC.Cc1ccc(Nc2ccccc2)cc1. The Labute approximate surface area is 118 Å². The van der Waals surface area contributed by atoms with Gasteiger partial charge in [0.2, 0.25) is 0 Å². The number of rotatable bonds is 2. The van der Waals surface area contributed by atoms with Crippen molar-refractivity contribution in [2.75, 3.05) is 5.32 Å². The van der Waals surface area contributed by atoms with Crippen molar-refractivity contribution < 1.29 is 0 Å². The number of hydrogen-bond acceptors (Lipinski definition) is 1. The van der Waals surface area contributed by atoms with Gasteiger partial charge in [0.05, 0.1) is 0 Å². The van der Waals surface area contributed by atoms with Crippen molar-refractivity contribution in [3.63, 3.8) is 0 Å². The van der Waals surface area contributed by atoms with Gasteiger partial charge in [-0.2, -0.15) is 0 Å². The van der Waals surface area contributed by atoms with Crippen LogP contribution in [0, 0.1) is 6.92 Å². The summed E-state index contributed by atoms with van der Waals surface area (Å²) in [4.78, 5) is 0. The Balaban J connectivity index is 0.000000573. The van der Waals surface area contributed by atoms with Gasteiger partial charge in [-0.25, -0.2) is 0 Å². The summed E-state index contributed by atoms with van der Waals surface area (Å²) in [5.74, 6) is 0. The third kappa shape index (κ3) is 8.04. The summed E-state index contributed by atoms with van der Waals surface area (Å²) in [6, 6.07) is 18.5. The van der Waals surface area contributed by atoms with Crippen molar-refractivity contribution in [1.29, 1.82) is 0 Å². The van der Waals surface area contributed by atoms with E-state index in [0.717, 1.165) is 11.4 Å². The molecule has 0 aliphatic rings. The van der Waals surface area contributed by atoms with E-state index in [9.17, 15) is 0 Å². The summed E-state index contributed by atoms with van der Waals surface area (Å²) in [7, 11) is 0. The molecule has 2 aromatic rings. The Morgan fingerprint density at radius 3 is 1.63 bits per heavy atom. The van der Waals surface area contributed by atoms with Crippen molar-refractivity contribution >= 4 is 11.4 Å². The first-order chi connectivity index (χ1) is 9.26. The zero-order chi connectivity index (χ0) is 14.5. The average Bonchev–Trinajstić information content (AvgIpc) is 2.46. The molecule has 2 rings (SSSR count). The Hall–Kier alpha value is -1.76. The van der Waals surface area contributed by atoms with Gasteiger partial charge in [-0.15, -0.1) is 0 Å². The smallest absolute Gasteiger partial charge is 0.0384 e. The lowest BCUT2D eigenvalue weighted by Gasteiger charge is -2.05.